The van der Waals surface area contributed by atoms with Gasteiger partial charge in [0.05, 0.1) is 39.0 Å². The smallest absolute Gasteiger partial charge is 0.336 e. The normalized spacial score (nSPS) is 15.2. The molecule has 0 unspecified atom stereocenters. The van der Waals surface area contributed by atoms with Crippen molar-refractivity contribution in [1.82, 2.24) is 0 Å². The summed E-state index contributed by atoms with van der Waals surface area (Å²) in [7, 11) is 1.72. The van der Waals surface area contributed by atoms with E-state index in [0.717, 1.165) is 55.1 Å². The quantitative estimate of drug-likeness (QED) is 0.677. The van der Waals surface area contributed by atoms with Gasteiger partial charge in [-0.05, 0) is 35.7 Å². The van der Waals surface area contributed by atoms with Gasteiger partial charge in [-0.3, -0.25) is 0 Å². The Morgan fingerprint density at radius 1 is 1.10 bits per heavy atom. The molecule has 2 heterocycles. The first-order chi connectivity index (χ1) is 14.0. The molecule has 5 nitrogen and oxygen atoms in total. The van der Waals surface area contributed by atoms with Gasteiger partial charge in [0, 0.05) is 17.0 Å². The average Bonchev–Trinajstić information content (AvgIpc) is 2.74. The van der Waals surface area contributed by atoms with Crippen LogP contribution in [0, 0.1) is 0 Å². The molecule has 1 N–H and O–H groups in total. The lowest BCUT2D eigenvalue weighted by atomic mass is 9.99. The average molecular weight is 394 g/mol. The third kappa shape index (κ3) is 4.15. The molecule has 1 aromatic heterocycles. The van der Waals surface area contributed by atoms with Crippen LogP contribution in [-0.4, -0.2) is 33.3 Å². The molecule has 0 saturated carbocycles. The molecule has 1 saturated heterocycles. The Balaban J connectivity index is 1.53. The molecule has 0 atom stereocenters. The van der Waals surface area contributed by atoms with Crippen LogP contribution in [0.15, 0.2) is 57.7 Å². The van der Waals surface area contributed by atoms with Crippen molar-refractivity contribution >= 4 is 16.7 Å². The third-order valence-corrected chi connectivity index (χ3v) is 5.86. The molecule has 2 aromatic carbocycles. The largest absolute Gasteiger partial charge is 0.495 e. The van der Waals surface area contributed by atoms with E-state index in [2.05, 4.69) is 43.0 Å². The fourth-order valence-corrected chi connectivity index (χ4v) is 4.15. The van der Waals surface area contributed by atoms with Gasteiger partial charge in [0.1, 0.15) is 17.9 Å². The zero-order valence-corrected chi connectivity index (χ0v) is 17.4. The molecule has 1 aliphatic rings. The molecule has 5 heteroatoms. The van der Waals surface area contributed by atoms with Crippen LogP contribution in [0.2, 0.25) is 0 Å². The number of benzene rings is 2. The minimum atomic E-state index is -0.267. The standard InChI is InChI=1S/C24H28N2O3/c1-17(2)18-8-9-22-20(14-18)19(15-24(27)29-22)16-25-10-12-26(13-11-25)21-6-4-5-7-23(21)28-3/h4-9,14-15,17H,10-13,16H2,1-3H3/p+1. The predicted octanol–water partition coefficient (Wildman–Crippen LogP) is 2.83. The van der Waals surface area contributed by atoms with Crippen molar-refractivity contribution in [3.63, 3.8) is 0 Å². The van der Waals surface area contributed by atoms with E-state index >= 15 is 0 Å². The fraction of sp³-hybridized carbons (Fsp3) is 0.375. The molecule has 1 fully saturated rings. The number of nitrogens with one attached hydrogen (secondary N) is 1. The van der Waals surface area contributed by atoms with E-state index in [1.165, 1.54) is 10.5 Å². The second-order valence-electron chi connectivity index (χ2n) is 8.09. The Bertz CT molecular complexity index is 1050. The molecule has 152 valence electrons. The number of quaternary nitrogens is 1. The van der Waals surface area contributed by atoms with Crippen molar-refractivity contribution < 1.29 is 14.1 Å². The Morgan fingerprint density at radius 3 is 2.59 bits per heavy atom. The lowest BCUT2D eigenvalue weighted by Gasteiger charge is -2.34. The maximum atomic E-state index is 12.1. The van der Waals surface area contributed by atoms with E-state index in [1.54, 1.807) is 13.2 Å². The summed E-state index contributed by atoms with van der Waals surface area (Å²) in [6.07, 6.45) is 0. The van der Waals surface area contributed by atoms with E-state index in [1.807, 2.05) is 18.2 Å². The SMILES string of the molecule is COc1ccccc1N1CC[NH+](Cc2cc(=O)oc3ccc(C(C)C)cc23)CC1. The van der Waals surface area contributed by atoms with Crippen molar-refractivity contribution in [2.45, 2.75) is 26.3 Å². The lowest BCUT2D eigenvalue weighted by Crippen LogP contribution is -3.13. The summed E-state index contributed by atoms with van der Waals surface area (Å²) in [6.45, 7) is 9.17. The number of hydrogen-bond donors (Lipinski definition) is 1. The molecule has 0 aliphatic carbocycles. The monoisotopic (exact) mass is 393 g/mol. The van der Waals surface area contributed by atoms with Crippen molar-refractivity contribution in [3.8, 4) is 5.75 Å². The van der Waals surface area contributed by atoms with E-state index in [-0.39, 0.29) is 5.63 Å². The first kappa shape index (κ1) is 19.5. The van der Waals surface area contributed by atoms with E-state index < -0.39 is 0 Å². The Morgan fingerprint density at radius 2 is 1.86 bits per heavy atom. The predicted molar refractivity (Wildman–Crippen MR) is 116 cm³/mol. The Labute approximate surface area is 171 Å². The van der Waals surface area contributed by atoms with Crippen LogP contribution in [0.3, 0.4) is 0 Å². The summed E-state index contributed by atoms with van der Waals surface area (Å²) in [5, 5.41) is 1.07. The number of hydrogen-bond acceptors (Lipinski definition) is 4. The van der Waals surface area contributed by atoms with E-state index in [4.69, 9.17) is 9.15 Å². The van der Waals surface area contributed by atoms with Crippen molar-refractivity contribution in [2.75, 3.05) is 38.2 Å². The highest BCUT2D eigenvalue weighted by Crippen LogP contribution is 2.27. The van der Waals surface area contributed by atoms with Crippen molar-refractivity contribution in [1.29, 1.82) is 0 Å². The summed E-state index contributed by atoms with van der Waals surface area (Å²) < 4.78 is 11.0. The van der Waals surface area contributed by atoms with Crippen LogP contribution >= 0.6 is 0 Å². The molecule has 29 heavy (non-hydrogen) atoms. The molecule has 0 amide bonds. The number of piperazine rings is 1. The van der Waals surface area contributed by atoms with Gasteiger partial charge in [-0.2, -0.15) is 0 Å². The second kappa shape index (κ2) is 8.29. The molecule has 0 bridgehead atoms. The minimum Gasteiger partial charge on any atom is -0.495 e. The van der Waals surface area contributed by atoms with Gasteiger partial charge in [0.2, 0.25) is 0 Å². The minimum absolute atomic E-state index is 0.267. The molecule has 3 aromatic rings. The zero-order chi connectivity index (χ0) is 20.4. The van der Waals surface area contributed by atoms with Crippen LogP contribution in [0.4, 0.5) is 5.69 Å². The van der Waals surface area contributed by atoms with E-state index in [0.29, 0.717) is 11.5 Å². The number of anilines is 1. The highest BCUT2D eigenvalue weighted by atomic mass is 16.5. The number of ether oxygens (including phenoxy) is 1. The summed E-state index contributed by atoms with van der Waals surface area (Å²) in [5.41, 5.74) is 3.92. The maximum absolute atomic E-state index is 12.1. The molecule has 0 radical (unpaired) electrons. The summed E-state index contributed by atoms with van der Waals surface area (Å²) in [5.74, 6) is 1.36. The second-order valence-corrected chi connectivity index (χ2v) is 8.09. The zero-order valence-electron chi connectivity index (χ0n) is 17.4. The number of rotatable bonds is 5. The van der Waals surface area contributed by atoms with Gasteiger partial charge in [-0.15, -0.1) is 0 Å². The highest BCUT2D eigenvalue weighted by Gasteiger charge is 2.23. The molecule has 4 rings (SSSR count). The number of para-hydroxylation sites is 2. The lowest BCUT2D eigenvalue weighted by molar-refractivity contribution is -0.914. The molecule has 0 spiro atoms. The number of methoxy groups -OCH3 is 1. The molecule has 1 aliphatic heterocycles. The highest BCUT2D eigenvalue weighted by molar-refractivity contribution is 5.81. The summed E-state index contributed by atoms with van der Waals surface area (Å²) in [6, 6.07) is 16.0. The third-order valence-electron chi connectivity index (χ3n) is 5.86. The van der Waals surface area contributed by atoms with Gasteiger partial charge < -0.3 is 19.0 Å². The van der Waals surface area contributed by atoms with Gasteiger partial charge in [0.15, 0.2) is 0 Å². The maximum Gasteiger partial charge on any atom is 0.336 e. The number of fused-ring (bicyclic) bond motifs is 1. The topological polar surface area (TPSA) is 47.1 Å². The van der Waals surface area contributed by atoms with Crippen LogP contribution in [0.1, 0.15) is 30.9 Å². The fourth-order valence-electron chi connectivity index (χ4n) is 4.15. The van der Waals surface area contributed by atoms with Gasteiger partial charge >= 0.3 is 5.63 Å². The summed E-state index contributed by atoms with van der Waals surface area (Å²) >= 11 is 0. The van der Waals surface area contributed by atoms with Crippen LogP contribution in [-0.2, 0) is 6.54 Å². The number of nitrogens with zero attached hydrogens (tertiary/aromatic N) is 1. The molecular weight excluding hydrogens is 364 g/mol. The first-order valence-electron chi connectivity index (χ1n) is 10.3. The van der Waals surface area contributed by atoms with Gasteiger partial charge in [0.25, 0.3) is 0 Å². The van der Waals surface area contributed by atoms with Crippen LogP contribution in [0.25, 0.3) is 11.0 Å². The van der Waals surface area contributed by atoms with Crippen LogP contribution in [0.5, 0.6) is 5.75 Å². The molecular formula is C24H29N2O3+. The van der Waals surface area contributed by atoms with Crippen LogP contribution < -0.4 is 20.2 Å². The van der Waals surface area contributed by atoms with Gasteiger partial charge in [-0.1, -0.05) is 32.0 Å². The Hall–Kier alpha value is -2.79. The summed E-state index contributed by atoms with van der Waals surface area (Å²) in [4.78, 5) is 15.9. The van der Waals surface area contributed by atoms with Crippen molar-refractivity contribution in [3.05, 3.63) is 70.1 Å². The van der Waals surface area contributed by atoms with Gasteiger partial charge in [-0.25, -0.2) is 4.79 Å². The van der Waals surface area contributed by atoms with Crippen molar-refractivity contribution in [2.24, 2.45) is 0 Å². The van der Waals surface area contributed by atoms with E-state index in [9.17, 15) is 4.79 Å². The Kier molecular flexibility index (Phi) is 5.58. The first-order valence-corrected chi connectivity index (χ1v) is 10.3.